The van der Waals surface area contributed by atoms with Crippen LogP contribution in [0.3, 0.4) is 0 Å². The summed E-state index contributed by atoms with van der Waals surface area (Å²) in [5.74, 6) is 0. The van der Waals surface area contributed by atoms with Crippen molar-refractivity contribution in [3.05, 3.63) is 0 Å². The Balaban J connectivity index is 1.86. The van der Waals surface area contributed by atoms with E-state index in [0.29, 0.717) is 0 Å². The quantitative estimate of drug-likeness (QED) is 0.153. The fourth-order valence-corrected chi connectivity index (χ4v) is 4.31. The molecular weight excluding hydrogens is 374 g/mol. The molecule has 1 unspecified atom stereocenters. The summed E-state index contributed by atoms with van der Waals surface area (Å²) in [6.45, 7) is 6.05. The molecule has 1 saturated heterocycles. The first-order chi connectivity index (χ1) is 14.8. The highest BCUT2D eigenvalue weighted by molar-refractivity contribution is 5.59. The Hall–Kier alpha value is -0.770. The highest BCUT2D eigenvalue weighted by Crippen LogP contribution is 2.16. The van der Waals surface area contributed by atoms with Crippen LogP contribution in [0.1, 0.15) is 142 Å². The van der Waals surface area contributed by atoms with Crippen LogP contribution in [0.2, 0.25) is 0 Å². The number of piperidine rings is 1. The van der Waals surface area contributed by atoms with Gasteiger partial charge in [0.15, 0.2) is 0 Å². The predicted molar refractivity (Wildman–Crippen MR) is 127 cm³/mol. The van der Waals surface area contributed by atoms with Gasteiger partial charge in [-0.1, -0.05) is 110 Å². The summed E-state index contributed by atoms with van der Waals surface area (Å²) in [5, 5.41) is 1.76. The first kappa shape index (κ1) is 27.3. The summed E-state index contributed by atoms with van der Waals surface area (Å²) in [4.78, 5) is 17.3. The van der Waals surface area contributed by atoms with Crippen LogP contribution in [0, 0.1) is 0 Å². The van der Waals surface area contributed by atoms with Crippen molar-refractivity contribution in [2.45, 2.75) is 148 Å². The normalized spacial score (nSPS) is 15.8. The summed E-state index contributed by atoms with van der Waals surface area (Å²) < 4.78 is 5.52. The predicted octanol–water partition coefficient (Wildman–Crippen LogP) is 8.58. The number of carbonyl (C=O) groups excluding carboxylic acids is 1. The van der Waals surface area contributed by atoms with E-state index in [2.05, 4.69) is 13.8 Å². The van der Waals surface area contributed by atoms with Crippen LogP contribution in [0.15, 0.2) is 0 Å². The average Bonchev–Trinajstić information content (AvgIpc) is 2.76. The van der Waals surface area contributed by atoms with Crippen LogP contribution in [0.4, 0.5) is 4.79 Å². The summed E-state index contributed by atoms with van der Waals surface area (Å²) in [6.07, 6.45) is 25.4. The second kappa shape index (κ2) is 20.2. The van der Waals surface area contributed by atoms with Crippen LogP contribution in [-0.4, -0.2) is 30.4 Å². The van der Waals surface area contributed by atoms with Crippen molar-refractivity contribution in [3.63, 3.8) is 0 Å². The van der Waals surface area contributed by atoms with Gasteiger partial charge in [-0.15, -0.1) is 5.06 Å². The molecule has 4 nitrogen and oxygen atoms in total. The number of hydrogen-bond donors (Lipinski definition) is 0. The first-order valence-electron chi connectivity index (χ1n) is 13.4. The number of unbranched alkanes of at least 4 members (excludes halogenated alkanes) is 14. The fourth-order valence-electron chi connectivity index (χ4n) is 4.31. The van der Waals surface area contributed by atoms with E-state index >= 15 is 0 Å². The minimum absolute atomic E-state index is 0.00395. The number of rotatable bonds is 19. The number of hydroxylamine groups is 2. The van der Waals surface area contributed by atoms with Crippen LogP contribution < -0.4 is 0 Å². The van der Waals surface area contributed by atoms with E-state index in [1.807, 2.05) is 0 Å². The first-order valence-corrected chi connectivity index (χ1v) is 13.4. The lowest BCUT2D eigenvalue weighted by molar-refractivity contribution is -0.144. The SMILES string of the molecule is CCCCCCCCCCCCCCCCCC(CC)OC(=O)ON1CCCCC1. The molecule has 178 valence electrons. The number of carbonyl (C=O) groups is 1. The van der Waals surface area contributed by atoms with Crippen molar-refractivity contribution in [1.29, 1.82) is 0 Å². The van der Waals surface area contributed by atoms with Gasteiger partial charge in [0.1, 0.15) is 6.10 Å². The Morgan fingerprint density at radius 1 is 0.700 bits per heavy atom. The van der Waals surface area contributed by atoms with Crippen LogP contribution in [0.25, 0.3) is 0 Å². The van der Waals surface area contributed by atoms with Crippen LogP contribution in [0.5, 0.6) is 0 Å². The maximum atomic E-state index is 12.0. The van der Waals surface area contributed by atoms with E-state index in [-0.39, 0.29) is 6.10 Å². The van der Waals surface area contributed by atoms with Gasteiger partial charge in [0.2, 0.25) is 0 Å². The van der Waals surface area contributed by atoms with Gasteiger partial charge in [-0.05, 0) is 32.1 Å². The molecule has 0 aromatic carbocycles. The Morgan fingerprint density at radius 2 is 1.17 bits per heavy atom. The van der Waals surface area contributed by atoms with Crippen LogP contribution >= 0.6 is 0 Å². The molecular formula is C26H51NO3. The summed E-state index contributed by atoms with van der Waals surface area (Å²) >= 11 is 0. The Kier molecular flexibility index (Phi) is 18.3. The Bertz CT molecular complexity index is 382. The summed E-state index contributed by atoms with van der Waals surface area (Å²) in [6, 6.07) is 0. The van der Waals surface area contributed by atoms with E-state index < -0.39 is 6.16 Å². The molecule has 0 saturated carbocycles. The monoisotopic (exact) mass is 425 g/mol. The standard InChI is InChI=1S/C26H51NO3/c1-3-5-6-7-8-9-10-11-12-13-14-15-16-17-19-22-25(4-2)29-26(28)30-27-23-20-18-21-24-27/h25H,3-24H2,1-2H3. The van der Waals surface area contributed by atoms with E-state index in [1.54, 1.807) is 5.06 Å². The molecule has 1 fully saturated rings. The van der Waals surface area contributed by atoms with Crippen molar-refractivity contribution in [2.75, 3.05) is 13.1 Å². The molecule has 4 heteroatoms. The van der Waals surface area contributed by atoms with Crippen molar-refractivity contribution in [1.82, 2.24) is 5.06 Å². The molecule has 1 heterocycles. The van der Waals surface area contributed by atoms with E-state index in [0.717, 1.165) is 45.2 Å². The maximum absolute atomic E-state index is 12.0. The topological polar surface area (TPSA) is 38.8 Å². The Labute approximate surface area is 187 Å². The van der Waals surface area contributed by atoms with Gasteiger partial charge in [-0.3, -0.25) is 0 Å². The van der Waals surface area contributed by atoms with Gasteiger partial charge in [0.25, 0.3) is 0 Å². The zero-order valence-corrected chi connectivity index (χ0v) is 20.3. The minimum atomic E-state index is -0.510. The van der Waals surface area contributed by atoms with Gasteiger partial charge < -0.3 is 9.57 Å². The average molecular weight is 426 g/mol. The van der Waals surface area contributed by atoms with Crippen molar-refractivity contribution in [2.24, 2.45) is 0 Å². The summed E-state index contributed by atoms with van der Waals surface area (Å²) in [5.41, 5.74) is 0. The molecule has 0 amide bonds. The highest BCUT2D eigenvalue weighted by atomic mass is 16.8. The molecule has 1 aliphatic rings. The number of ether oxygens (including phenoxy) is 1. The third kappa shape index (κ3) is 16.0. The van der Waals surface area contributed by atoms with Crippen molar-refractivity contribution in [3.8, 4) is 0 Å². The van der Waals surface area contributed by atoms with Gasteiger partial charge in [0.05, 0.1) is 0 Å². The lowest BCUT2D eigenvalue weighted by atomic mass is 10.0. The molecule has 0 aromatic rings. The molecule has 0 aromatic heterocycles. The molecule has 0 aliphatic carbocycles. The second-order valence-corrected chi connectivity index (χ2v) is 9.22. The number of hydrogen-bond acceptors (Lipinski definition) is 4. The molecule has 0 N–H and O–H groups in total. The smallest absolute Gasteiger partial charge is 0.430 e. The zero-order valence-electron chi connectivity index (χ0n) is 20.3. The van der Waals surface area contributed by atoms with E-state index in [4.69, 9.17) is 9.57 Å². The molecule has 0 radical (unpaired) electrons. The summed E-state index contributed by atoms with van der Waals surface area (Å²) in [7, 11) is 0. The largest absolute Gasteiger partial charge is 0.528 e. The third-order valence-corrected chi connectivity index (χ3v) is 6.37. The third-order valence-electron chi connectivity index (χ3n) is 6.37. The molecule has 1 aliphatic heterocycles. The van der Waals surface area contributed by atoms with Gasteiger partial charge >= 0.3 is 6.16 Å². The fraction of sp³-hybridized carbons (Fsp3) is 0.962. The minimum Gasteiger partial charge on any atom is -0.430 e. The maximum Gasteiger partial charge on any atom is 0.528 e. The van der Waals surface area contributed by atoms with Crippen molar-refractivity contribution >= 4 is 6.16 Å². The highest BCUT2D eigenvalue weighted by Gasteiger charge is 2.19. The van der Waals surface area contributed by atoms with Gasteiger partial charge in [-0.2, -0.15) is 0 Å². The molecule has 1 atom stereocenters. The van der Waals surface area contributed by atoms with E-state index in [1.165, 1.54) is 96.3 Å². The van der Waals surface area contributed by atoms with Crippen molar-refractivity contribution < 1.29 is 14.4 Å². The lowest BCUT2D eigenvalue weighted by Gasteiger charge is -2.25. The molecule has 1 rings (SSSR count). The molecule has 0 spiro atoms. The Morgan fingerprint density at radius 3 is 1.63 bits per heavy atom. The van der Waals surface area contributed by atoms with E-state index in [9.17, 15) is 4.79 Å². The van der Waals surface area contributed by atoms with Gasteiger partial charge in [-0.25, -0.2) is 4.79 Å². The van der Waals surface area contributed by atoms with Gasteiger partial charge in [0, 0.05) is 13.1 Å². The zero-order chi connectivity index (χ0) is 21.7. The number of nitrogens with zero attached hydrogens (tertiary/aromatic N) is 1. The molecule has 30 heavy (non-hydrogen) atoms. The second-order valence-electron chi connectivity index (χ2n) is 9.22. The molecule has 0 bridgehead atoms. The van der Waals surface area contributed by atoms with Crippen LogP contribution in [-0.2, 0) is 9.57 Å². The lowest BCUT2D eigenvalue weighted by Crippen LogP contribution is -2.33.